The Labute approximate surface area is 112 Å². The summed E-state index contributed by atoms with van der Waals surface area (Å²) >= 11 is 0. The molecule has 5 heteroatoms. The molecule has 1 aromatic rings. The van der Waals surface area contributed by atoms with Gasteiger partial charge in [-0.3, -0.25) is 9.69 Å². The highest BCUT2D eigenvalue weighted by molar-refractivity contribution is 5.78. The molecule has 4 nitrogen and oxygen atoms in total. The van der Waals surface area contributed by atoms with E-state index in [9.17, 15) is 14.3 Å². The van der Waals surface area contributed by atoms with Crippen LogP contribution in [0.5, 0.6) is 0 Å². The zero-order valence-corrected chi connectivity index (χ0v) is 10.8. The number of aliphatic hydroxyl groups is 1. The molecule has 0 unspecified atom stereocenters. The molecule has 1 saturated heterocycles. The number of rotatable bonds is 5. The molecular weight excluding hydrogens is 247 g/mol. The molecule has 2 N–H and O–H groups in total. The molecule has 1 atom stereocenters. The minimum Gasteiger partial charge on any atom is -0.395 e. The van der Waals surface area contributed by atoms with Crippen molar-refractivity contribution >= 4 is 5.91 Å². The third-order valence-corrected chi connectivity index (χ3v) is 3.46. The zero-order chi connectivity index (χ0) is 13.7. The maximum Gasteiger partial charge on any atom is 0.234 e. The van der Waals surface area contributed by atoms with Crippen LogP contribution in [0.1, 0.15) is 18.4 Å². The highest BCUT2D eigenvalue weighted by Gasteiger charge is 2.25. The van der Waals surface area contributed by atoms with Gasteiger partial charge in [0.25, 0.3) is 0 Å². The number of amides is 1. The van der Waals surface area contributed by atoms with Crippen molar-refractivity contribution < 1.29 is 14.3 Å². The van der Waals surface area contributed by atoms with Crippen LogP contribution in [-0.4, -0.2) is 41.7 Å². The number of likely N-dealkylation sites (tertiary alicyclic amines) is 1. The summed E-state index contributed by atoms with van der Waals surface area (Å²) in [5.41, 5.74) is 0.870. The van der Waals surface area contributed by atoms with E-state index in [1.165, 1.54) is 12.1 Å². The van der Waals surface area contributed by atoms with Crippen LogP contribution in [0.3, 0.4) is 0 Å². The van der Waals surface area contributed by atoms with Crippen molar-refractivity contribution in [3.63, 3.8) is 0 Å². The van der Waals surface area contributed by atoms with Crippen molar-refractivity contribution in [3.8, 4) is 0 Å². The molecule has 1 aliphatic rings. The van der Waals surface area contributed by atoms with Crippen LogP contribution in [0.15, 0.2) is 24.3 Å². The van der Waals surface area contributed by atoms with Crippen molar-refractivity contribution in [1.82, 2.24) is 10.2 Å². The van der Waals surface area contributed by atoms with Crippen LogP contribution in [0.4, 0.5) is 4.39 Å². The maximum absolute atomic E-state index is 12.7. The molecule has 2 rings (SSSR count). The van der Waals surface area contributed by atoms with Crippen LogP contribution in [-0.2, 0) is 11.3 Å². The van der Waals surface area contributed by atoms with Gasteiger partial charge in [-0.2, -0.15) is 0 Å². The molecule has 0 saturated carbocycles. The van der Waals surface area contributed by atoms with Gasteiger partial charge in [0.2, 0.25) is 5.91 Å². The smallest absolute Gasteiger partial charge is 0.234 e. The van der Waals surface area contributed by atoms with Crippen molar-refractivity contribution in [1.29, 1.82) is 0 Å². The fraction of sp³-hybridized carbons (Fsp3) is 0.500. The summed E-state index contributed by atoms with van der Waals surface area (Å²) in [5.74, 6) is -0.345. The van der Waals surface area contributed by atoms with Gasteiger partial charge in [-0.05, 0) is 37.1 Å². The van der Waals surface area contributed by atoms with E-state index in [0.717, 1.165) is 24.9 Å². The van der Waals surface area contributed by atoms with Crippen molar-refractivity contribution in [2.45, 2.75) is 25.4 Å². The summed E-state index contributed by atoms with van der Waals surface area (Å²) in [6.45, 7) is 1.67. The molecular formula is C14H19FN2O2. The van der Waals surface area contributed by atoms with Crippen LogP contribution in [0.2, 0.25) is 0 Å². The fourth-order valence-corrected chi connectivity index (χ4v) is 2.35. The van der Waals surface area contributed by atoms with E-state index < -0.39 is 0 Å². The first kappa shape index (κ1) is 14.0. The van der Waals surface area contributed by atoms with Gasteiger partial charge in [0.15, 0.2) is 0 Å². The number of nitrogens with one attached hydrogen (secondary N) is 1. The minimum absolute atomic E-state index is 0.0651. The normalized spacial score (nSPS) is 19.6. The second-order valence-electron chi connectivity index (χ2n) is 4.85. The number of hydrogen-bond donors (Lipinski definition) is 2. The van der Waals surface area contributed by atoms with Gasteiger partial charge < -0.3 is 10.4 Å². The number of carbonyl (C=O) groups is 1. The van der Waals surface area contributed by atoms with E-state index in [4.69, 9.17) is 0 Å². The van der Waals surface area contributed by atoms with Crippen molar-refractivity contribution in [3.05, 3.63) is 35.6 Å². The second kappa shape index (κ2) is 6.63. The quantitative estimate of drug-likeness (QED) is 0.832. The van der Waals surface area contributed by atoms with E-state index in [2.05, 4.69) is 5.32 Å². The van der Waals surface area contributed by atoms with E-state index in [0.29, 0.717) is 13.1 Å². The standard InChI is InChI=1S/C14H19FN2O2/c15-12-5-3-11(4-6-12)8-16-14(19)9-17-7-1-2-13(17)10-18/h3-6,13,18H,1-2,7-10H2,(H,16,19)/t13-/m0/s1. The largest absolute Gasteiger partial charge is 0.395 e. The lowest BCUT2D eigenvalue weighted by atomic mass is 10.2. The summed E-state index contributed by atoms with van der Waals surface area (Å²) in [6.07, 6.45) is 1.97. The highest BCUT2D eigenvalue weighted by Crippen LogP contribution is 2.15. The first-order chi connectivity index (χ1) is 9.19. The van der Waals surface area contributed by atoms with Crippen molar-refractivity contribution in [2.75, 3.05) is 19.7 Å². The molecule has 1 fully saturated rings. The Morgan fingerprint density at radius 1 is 1.42 bits per heavy atom. The number of aliphatic hydroxyl groups excluding tert-OH is 1. The van der Waals surface area contributed by atoms with E-state index in [-0.39, 0.29) is 24.4 Å². The van der Waals surface area contributed by atoms with Gasteiger partial charge >= 0.3 is 0 Å². The van der Waals surface area contributed by atoms with Gasteiger partial charge in [0.1, 0.15) is 5.82 Å². The summed E-state index contributed by atoms with van der Waals surface area (Å²) in [5, 5.41) is 12.0. The zero-order valence-electron chi connectivity index (χ0n) is 10.8. The summed E-state index contributed by atoms with van der Waals surface area (Å²) in [6, 6.07) is 6.17. The average Bonchev–Trinajstić information content (AvgIpc) is 2.85. The SMILES string of the molecule is O=C(CN1CCC[C@H]1CO)NCc1ccc(F)cc1. The van der Waals surface area contributed by atoms with Crippen molar-refractivity contribution in [2.24, 2.45) is 0 Å². The lowest BCUT2D eigenvalue weighted by Crippen LogP contribution is -2.40. The number of hydrogen-bond acceptors (Lipinski definition) is 3. The number of benzene rings is 1. The third-order valence-electron chi connectivity index (χ3n) is 3.46. The second-order valence-corrected chi connectivity index (χ2v) is 4.85. The lowest BCUT2D eigenvalue weighted by molar-refractivity contribution is -0.122. The Kier molecular flexibility index (Phi) is 4.87. The Bertz CT molecular complexity index is 422. The Morgan fingerprint density at radius 3 is 2.84 bits per heavy atom. The number of halogens is 1. The molecule has 0 aliphatic carbocycles. The molecule has 0 aromatic heterocycles. The molecule has 1 heterocycles. The molecule has 0 spiro atoms. The fourth-order valence-electron chi connectivity index (χ4n) is 2.35. The van der Waals surface area contributed by atoms with Gasteiger partial charge in [-0.15, -0.1) is 0 Å². The predicted molar refractivity (Wildman–Crippen MR) is 69.9 cm³/mol. The summed E-state index contributed by atoms with van der Waals surface area (Å²) in [7, 11) is 0. The Morgan fingerprint density at radius 2 is 2.16 bits per heavy atom. The predicted octanol–water partition coefficient (Wildman–Crippen LogP) is 0.899. The topological polar surface area (TPSA) is 52.6 Å². The summed E-state index contributed by atoms with van der Waals surface area (Å²) in [4.78, 5) is 13.8. The van der Waals surface area contributed by atoms with Gasteiger partial charge in [0, 0.05) is 12.6 Å². The molecule has 0 bridgehead atoms. The van der Waals surface area contributed by atoms with Crippen LogP contribution in [0, 0.1) is 5.82 Å². The van der Waals surface area contributed by atoms with Crippen LogP contribution in [0.25, 0.3) is 0 Å². The molecule has 104 valence electrons. The minimum atomic E-state index is -0.280. The number of carbonyl (C=O) groups excluding carboxylic acids is 1. The molecule has 1 amide bonds. The Hall–Kier alpha value is -1.46. The molecule has 19 heavy (non-hydrogen) atoms. The summed E-state index contributed by atoms with van der Waals surface area (Å²) < 4.78 is 12.7. The Balaban J connectivity index is 1.77. The monoisotopic (exact) mass is 266 g/mol. The van der Waals surface area contributed by atoms with E-state index >= 15 is 0 Å². The average molecular weight is 266 g/mol. The van der Waals surface area contributed by atoms with Crippen LogP contribution >= 0.6 is 0 Å². The highest BCUT2D eigenvalue weighted by atomic mass is 19.1. The van der Waals surface area contributed by atoms with Crippen LogP contribution < -0.4 is 5.32 Å². The molecule has 0 radical (unpaired) electrons. The number of nitrogens with zero attached hydrogens (tertiary/aromatic N) is 1. The van der Waals surface area contributed by atoms with E-state index in [1.807, 2.05) is 4.90 Å². The first-order valence-electron chi connectivity index (χ1n) is 6.55. The molecule has 1 aliphatic heterocycles. The van der Waals surface area contributed by atoms with Gasteiger partial charge in [-0.25, -0.2) is 4.39 Å². The van der Waals surface area contributed by atoms with Gasteiger partial charge in [0.05, 0.1) is 13.2 Å². The van der Waals surface area contributed by atoms with E-state index in [1.54, 1.807) is 12.1 Å². The third kappa shape index (κ3) is 4.01. The lowest BCUT2D eigenvalue weighted by Gasteiger charge is -2.21. The maximum atomic E-state index is 12.7. The first-order valence-corrected chi connectivity index (χ1v) is 6.55. The van der Waals surface area contributed by atoms with Gasteiger partial charge in [-0.1, -0.05) is 12.1 Å². The molecule has 1 aromatic carbocycles.